The number of benzene rings is 3. The van der Waals surface area contributed by atoms with Crippen molar-refractivity contribution >= 4 is 21.6 Å². The van der Waals surface area contributed by atoms with E-state index in [0.29, 0.717) is 17.8 Å². The molecule has 0 saturated carbocycles. The summed E-state index contributed by atoms with van der Waals surface area (Å²) in [7, 11) is -3.73. The van der Waals surface area contributed by atoms with Gasteiger partial charge in [0.2, 0.25) is 0 Å². The van der Waals surface area contributed by atoms with Gasteiger partial charge in [-0.2, -0.15) is 0 Å². The average molecular weight is 464 g/mol. The van der Waals surface area contributed by atoms with Gasteiger partial charge in [-0.3, -0.25) is 14.4 Å². The van der Waals surface area contributed by atoms with E-state index in [2.05, 4.69) is 27.1 Å². The third kappa shape index (κ3) is 6.21. The zero-order valence-corrected chi connectivity index (χ0v) is 19.6. The topological polar surface area (TPSA) is 78.5 Å². The minimum absolute atomic E-state index is 0.178. The van der Waals surface area contributed by atoms with Gasteiger partial charge in [-0.15, -0.1) is 0 Å². The molecule has 6 nitrogen and oxygen atoms in total. The van der Waals surface area contributed by atoms with Crippen LogP contribution >= 0.6 is 0 Å². The zero-order valence-electron chi connectivity index (χ0n) is 18.8. The molecule has 172 valence electrons. The Hall–Kier alpha value is -3.16. The molecule has 2 N–H and O–H groups in total. The summed E-state index contributed by atoms with van der Waals surface area (Å²) in [5, 5.41) is 2.93. The maximum absolute atomic E-state index is 12.7. The molecule has 0 aliphatic carbocycles. The van der Waals surface area contributed by atoms with Gasteiger partial charge in [-0.1, -0.05) is 48.0 Å². The Morgan fingerprint density at radius 2 is 1.61 bits per heavy atom. The van der Waals surface area contributed by atoms with Crippen LogP contribution in [0.3, 0.4) is 0 Å². The molecule has 1 heterocycles. The Morgan fingerprint density at radius 1 is 0.909 bits per heavy atom. The molecule has 7 heteroatoms. The number of anilines is 1. The Morgan fingerprint density at radius 3 is 2.36 bits per heavy atom. The quantitative estimate of drug-likeness (QED) is 0.521. The molecular formula is C26H29N3O3S. The number of sulfonamides is 1. The Balaban J connectivity index is 1.38. The van der Waals surface area contributed by atoms with Crippen LogP contribution in [0.15, 0.2) is 77.7 Å². The third-order valence-electron chi connectivity index (χ3n) is 5.76. The predicted molar refractivity (Wildman–Crippen MR) is 131 cm³/mol. The van der Waals surface area contributed by atoms with Gasteiger partial charge < -0.3 is 5.32 Å². The number of hydrogen-bond acceptors (Lipinski definition) is 4. The average Bonchev–Trinajstić information content (AvgIpc) is 3.31. The highest BCUT2D eigenvalue weighted by Gasteiger charge is 2.15. The maximum atomic E-state index is 12.7. The van der Waals surface area contributed by atoms with Gasteiger partial charge in [0.05, 0.1) is 4.90 Å². The van der Waals surface area contributed by atoms with Gasteiger partial charge >= 0.3 is 0 Å². The maximum Gasteiger partial charge on any atom is 0.261 e. The smallest absolute Gasteiger partial charge is 0.261 e. The predicted octanol–water partition coefficient (Wildman–Crippen LogP) is 4.32. The van der Waals surface area contributed by atoms with Crippen LogP contribution in [0, 0.1) is 6.92 Å². The highest BCUT2D eigenvalue weighted by Crippen LogP contribution is 2.18. The lowest BCUT2D eigenvalue weighted by molar-refractivity contribution is 0.0951. The summed E-state index contributed by atoms with van der Waals surface area (Å²) in [6.07, 6.45) is 2.52. The fraction of sp³-hybridized carbons (Fsp3) is 0.269. The first-order valence-electron chi connectivity index (χ1n) is 11.2. The van der Waals surface area contributed by atoms with Crippen LogP contribution in [0.2, 0.25) is 0 Å². The van der Waals surface area contributed by atoms with Gasteiger partial charge in [-0.25, -0.2) is 8.42 Å². The highest BCUT2D eigenvalue weighted by molar-refractivity contribution is 7.92. The number of carbonyl (C=O) groups excluding carboxylic acids is 1. The fourth-order valence-corrected chi connectivity index (χ4v) is 5.03. The van der Waals surface area contributed by atoms with E-state index in [-0.39, 0.29) is 10.8 Å². The summed E-state index contributed by atoms with van der Waals surface area (Å²) in [6.45, 7) is 5.53. The lowest BCUT2D eigenvalue weighted by Crippen LogP contribution is -2.23. The summed E-state index contributed by atoms with van der Waals surface area (Å²) in [4.78, 5) is 15.3. The number of rotatable bonds is 8. The van der Waals surface area contributed by atoms with Gasteiger partial charge in [0.25, 0.3) is 15.9 Å². The molecule has 1 saturated heterocycles. The second kappa shape index (κ2) is 10.2. The van der Waals surface area contributed by atoms with Crippen molar-refractivity contribution in [1.29, 1.82) is 0 Å². The summed E-state index contributed by atoms with van der Waals surface area (Å²) in [5.74, 6) is -0.253. The summed E-state index contributed by atoms with van der Waals surface area (Å²) >= 11 is 0. The lowest BCUT2D eigenvalue weighted by Gasteiger charge is -2.15. The normalized spacial score (nSPS) is 14.2. The van der Waals surface area contributed by atoms with Crippen molar-refractivity contribution in [1.82, 2.24) is 10.2 Å². The van der Waals surface area contributed by atoms with Crippen molar-refractivity contribution in [2.24, 2.45) is 0 Å². The summed E-state index contributed by atoms with van der Waals surface area (Å²) in [5.41, 5.74) is 4.00. The molecule has 33 heavy (non-hydrogen) atoms. The second-order valence-electron chi connectivity index (χ2n) is 8.49. The molecular weight excluding hydrogens is 434 g/mol. The molecule has 0 spiro atoms. The molecule has 1 aliphatic heterocycles. The van der Waals surface area contributed by atoms with E-state index in [4.69, 9.17) is 0 Å². The van der Waals surface area contributed by atoms with Crippen molar-refractivity contribution in [2.45, 2.75) is 37.8 Å². The minimum atomic E-state index is -3.73. The molecule has 0 radical (unpaired) electrons. The first-order chi connectivity index (χ1) is 15.9. The Bertz CT molecular complexity index is 1220. The number of aryl methyl sites for hydroxylation is 1. The van der Waals surface area contributed by atoms with Crippen LogP contribution < -0.4 is 10.0 Å². The van der Waals surface area contributed by atoms with Gasteiger partial charge in [0.1, 0.15) is 0 Å². The van der Waals surface area contributed by atoms with Crippen molar-refractivity contribution in [3.05, 3.63) is 95.1 Å². The molecule has 0 unspecified atom stereocenters. The zero-order chi connectivity index (χ0) is 23.3. The van der Waals surface area contributed by atoms with Crippen LogP contribution in [-0.2, 0) is 23.1 Å². The number of likely N-dealkylation sites (tertiary alicyclic amines) is 1. The summed E-state index contributed by atoms with van der Waals surface area (Å²) in [6, 6.07) is 21.4. The summed E-state index contributed by atoms with van der Waals surface area (Å²) < 4.78 is 27.8. The Kier molecular flexibility index (Phi) is 7.11. The van der Waals surface area contributed by atoms with Gasteiger partial charge in [0.15, 0.2) is 0 Å². The molecule has 0 bridgehead atoms. The van der Waals surface area contributed by atoms with E-state index in [1.165, 1.54) is 18.4 Å². The standard InChI is InChI=1S/C26H29N3O3S/c1-20-10-12-25(13-11-20)33(31,32)28-24-9-5-8-23(17-24)26(30)27-18-21-6-4-7-22(16-21)19-29-14-2-3-15-29/h4-13,16-17,28H,2-3,14-15,18-19H2,1H3,(H,27,30). The number of nitrogens with zero attached hydrogens (tertiary/aromatic N) is 1. The number of amides is 1. The molecule has 3 aromatic rings. The van der Waals surface area contributed by atoms with E-state index in [9.17, 15) is 13.2 Å². The SMILES string of the molecule is Cc1ccc(S(=O)(=O)Nc2cccc(C(=O)NCc3cccc(CN4CCCC4)c3)c2)cc1. The Labute approximate surface area is 195 Å². The first-order valence-corrected chi connectivity index (χ1v) is 12.7. The lowest BCUT2D eigenvalue weighted by atomic mass is 10.1. The van der Waals surface area contributed by atoms with E-state index in [1.807, 2.05) is 19.1 Å². The van der Waals surface area contributed by atoms with Crippen molar-refractivity contribution in [3.63, 3.8) is 0 Å². The highest BCUT2D eigenvalue weighted by atomic mass is 32.2. The monoisotopic (exact) mass is 463 g/mol. The van der Waals surface area contributed by atoms with Crippen LogP contribution in [0.1, 0.15) is 39.9 Å². The fourth-order valence-electron chi connectivity index (χ4n) is 3.98. The second-order valence-corrected chi connectivity index (χ2v) is 10.2. The molecule has 3 aromatic carbocycles. The largest absolute Gasteiger partial charge is 0.348 e. The molecule has 0 atom stereocenters. The minimum Gasteiger partial charge on any atom is -0.348 e. The van der Waals surface area contributed by atoms with Crippen LogP contribution in [-0.4, -0.2) is 32.3 Å². The van der Waals surface area contributed by atoms with Crippen molar-refractivity contribution in [3.8, 4) is 0 Å². The van der Waals surface area contributed by atoms with E-state index < -0.39 is 10.0 Å². The number of carbonyl (C=O) groups is 1. The van der Waals surface area contributed by atoms with Crippen LogP contribution in [0.5, 0.6) is 0 Å². The number of nitrogens with one attached hydrogen (secondary N) is 2. The molecule has 4 rings (SSSR count). The molecule has 1 amide bonds. The van der Waals surface area contributed by atoms with Gasteiger partial charge in [0, 0.05) is 24.3 Å². The molecule has 1 aliphatic rings. The van der Waals surface area contributed by atoms with E-state index in [1.54, 1.807) is 48.5 Å². The number of hydrogen-bond donors (Lipinski definition) is 2. The first kappa shape index (κ1) is 23.0. The molecule has 1 fully saturated rings. The van der Waals surface area contributed by atoms with Crippen molar-refractivity contribution in [2.75, 3.05) is 17.8 Å². The van der Waals surface area contributed by atoms with Gasteiger partial charge in [-0.05, 0) is 74.3 Å². The molecule has 0 aromatic heterocycles. The van der Waals surface area contributed by atoms with Crippen molar-refractivity contribution < 1.29 is 13.2 Å². The van der Waals surface area contributed by atoms with E-state index in [0.717, 1.165) is 30.8 Å². The van der Waals surface area contributed by atoms with Crippen LogP contribution in [0.4, 0.5) is 5.69 Å². The third-order valence-corrected chi connectivity index (χ3v) is 7.15. The van der Waals surface area contributed by atoms with E-state index >= 15 is 0 Å². The van der Waals surface area contributed by atoms with Crippen LogP contribution in [0.25, 0.3) is 0 Å².